The van der Waals surface area contributed by atoms with Crippen LogP contribution in [0.15, 0.2) is 48.5 Å². The van der Waals surface area contributed by atoms with E-state index in [-0.39, 0.29) is 0 Å². The molecule has 69 valence electrons. The van der Waals surface area contributed by atoms with Crippen LogP contribution in [0.1, 0.15) is 0 Å². The van der Waals surface area contributed by atoms with Crippen LogP contribution in [0.25, 0.3) is 10.8 Å². The lowest BCUT2D eigenvalue weighted by molar-refractivity contribution is 0.367. The summed E-state index contributed by atoms with van der Waals surface area (Å²) in [5, 5.41) is 2.30. The van der Waals surface area contributed by atoms with Crippen LogP contribution in [0, 0.1) is 6.58 Å². The maximum Gasteiger partial charge on any atom is 0.127 e. The van der Waals surface area contributed by atoms with Gasteiger partial charge >= 0.3 is 0 Å². The molecule has 2 rings (SSSR count). The summed E-state index contributed by atoms with van der Waals surface area (Å²) in [4.78, 5) is 0. The summed E-state index contributed by atoms with van der Waals surface area (Å²) in [6, 6.07) is 14.1. The van der Waals surface area contributed by atoms with Gasteiger partial charge in [0.15, 0.2) is 0 Å². The van der Waals surface area contributed by atoms with Gasteiger partial charge < -0.3 is 4.74 Å². The Morgan fingerprint density at radius 3 is 2.71 bits per heavy atom. The second-order valence-electron chi connectivity index (χ2n) is 3.02. The molecule has 0 aromatic heterocycles. The predicted molar refractivity (Wildman–Crippen MR) is 58.3 cm³/mol. The van der Waals surface area contributed by atoms with Crippen LogP contribution in [0.4, 0.5) is 0 Å². The number of hydrogen-bond acceptors (Lipinski definition) is 1. The maximum atomic E-state index is 5.49. The van der Waals surface area contributed by atoms with Gasteiger partial charge in [-0.25, -0.2) is 0 Å². The summed E-state index contributed by atoms with van der Waals surface area (Å²) in [7, 11) is 0. The summed E-state index contributed by atoms with van der Waals surface area (Å²) < 4.78 is 5.49. The fourth-order valence-electron chi connectivity index (χ4n) is 1.46. The van der Waals surface area contributed by atoms with Gasteiger partial charge in [-0.1, -0.05) is 43.0 Å². The van der Waals surface area contributed by atoms with Crippen molar-refractivity contribution >= 4 is 10.8 Å². The minimum absolute atomic E-state index is 0.438. The fourth-order valence-corrected chi connectivity index (χ4v) is 1.46. The Bertz CT molecular complexity index is 440. The number of rotatable bonds is 3. The second-order valence-corrected chi connectivity index (χ2v) is 3.02. The number of ether oxygens (including phenoxy) is 1. The van der Waals surface area contributed by atoms with E-state index in [1.165, 1.54) is 11.5 Å². The van der Waals surface area contributed by atoms with Crippen LogP contribution in [-0.2, 0) is 0 Å². The average molecular weight is 183 g/mol. The topological polar surface area (TPSA) is 9.23 Å². The van der Waals surface area contributed by atoms with Crippen molar-refractivity contribution in [3.8, 4) is 5.75 Å². The molecule has 0 N–H and O–H groups in total. The quantitative estimate of drug-likeness (QED) is 0.710. The van der Waals surface area contributed by atoms with Gasteiger partial charge in [-0.2, -0.15) is 0 Å². The van der Waals surface area contributed by atoms with Gasteiger partial charge in [-0.05, 0) is 17.5 Å². The standard InChI is InChI=1S/C13H11O/c1-2-10-14-13-9-5-7-11-6-3-4-8-12(11)13/h1-9H,10H2. The Morgan fingerprint density at radius 1 is 1.07 bits per heavy atom. The van der Waals surface area contributed by atoms with E-state index in [1.54, 1.807) is 0 Å². The predicted octanol–water partition coefficient (Wildman–Crippen LogP) is 3.21. The molecule has 2 aromatic rings. The Labute approximate surface area is 83.6 Å². The van der Waals surface area contributed by atoms with Crippen molar-refractivity contribution in [1.82, 2.24) is 0 Å². The summed E-state index contributed by atoms with van der Waals surface area (Å²) in [6.45, 7) is 5.71. The van der Waals surface area contributed by atoms with Crippen molar-refractivity contribution in [2.24, 2.45) is 0 Å². The lowest BCUT2D eigenvalue weighted by atomic mass is 10.1. The monoisotopic (exact) mass is 183 g/mol. The van der Waals surface area contributed by atoms with Gasteiger partial charge in [0.05, 0.1) is 0 Å². The Hall–Kier alpha value is -1.76. The molecule has 0 unspecified atom stereocenters. The van der Waals surface area contributed by atoms with Crippen LogP contribution < -0.4 is 4.74 Å². The molecule has 1 heteroatoms. The largest absolute Gasteiger partial charge is 0.489 e. The maximum absolute atomic E-state index is 5.49. The summed E-state index contributed by atoms with van der Waals surface area (Å²) in [5.74, 6) is 0.879. The molecule has 0 spiro atoms. The molecular formula is C13H11O. The van der Waals surface area contributed by atoms with E-state index in [4.69, 9.17) is 11.3 Å². The SMILES string of the molecule is [CH]=CCOc1cccc2ccccc12. The zero-order valence-corrected chi connectivity index (χ0v) is 7.81. The van der Waals surface area contributed by atoms with Crippen molar-refractivity contribution in [2.45, 2.75) is 0 Å². The van der Waals surface area contributed by atoms with Gasteiger partial charge in [0, 0.05) is 5.39 Å². The number of benzene rings is 2. The lowest BCUT2D eigenvalue weighted by Crippen LogP contribution is -1.93. The van der Waals surface area contributed by atoms with Crippen LogP contribution in [-0.4, -0.2) is 6.61 Å². The first kappa shape index (κ1) is 8.82. The molecule has 0 aliphatic rings. The molecule has 0 atom stereocenters. The highest BCUT2D eigenvalue weighted by Crippen LogP contribution is 2.24. The first-order chi connectivity index (χ1) is 6.92. The van der Waals surface area contributed by atoms with E-state index < -0.39 is 0 Å². The minimum atomic E-state index is 0.438. The van der Waals surface area contributed by atoms with E-state index in [2.05, 4.69) is 12.1 Å². The zero-order valence-electron chi connectivity index (χ0n) is 7.81. The summed E-state index contributed by atoms with van der Waals surface area (Å²) in [6.07, 6.45) is 1.50. The molecule has 0 fully saturated rings. The molecule has 0 saturated carbocycles. The van der Waals surface area contributed by atoms with Gasteiger partial charge in [0.1, 0.15) is 12.4 Å². The highest BCUT2D eigenvalue weighted by molar-refractivity contribution is 5.88. The van der Waals surface area contributed by atoms with Gasteiger partial charge in [0.2, 0.25) is 0 Å². The Balaban J connectivity index is 2.48. The van der Waals surface area contributed by atoms with Crippen LogP contribution in [0.5, 0.6) is 5.75 Å². The number of fused-ring (bicyclic) bond motifs is 1. The molecule has 0 aliphatic carbocycles. The minimum Gasteiger partial charge on any atom is -0.489 e. The Kier molecular flexibility index (Phi) is 2.50. The normalized spacial score (nSPS) is 10.0. The Morgan fingerprint density at radius 2 is 1.86 bits per heavy atom. The van der Waals surface area contributed by atoms with Gasteiger partial charge in [-0.3, -0.25) is 0 Å². The van der Waals surface area contributed by atoms with Crippen molar-refractivity contribution in [3.63, 3.8) is 0 Å². The lowest BCUT2D eigenvalue weighted by Gasteiger charge is -2.06. The molecule has 2 aromatic carbocycles. The molecule has 0 saturated heterocycles. The van der Waals surface area contributed by atoms with E-state index in [1.807, 2.05) is 30.3 Å². The van der Waals surface area contributed by atoms with Crippen LogP contribution in [0.3, 0.4) is 0 Å². The molecule has 0 aliphatic heterocycles. The number of hydrogen-bond donors (Lipinski definition) is 0. The molecule has 0 amide bonds. The van der Waals surface area contributed by atoms with Crippen molar-refractivity contribution in [2.75, 3.05) is 6.61 Å². The molecule has 1 radical (unpaired) electrons. The highest BCUT2D eigenvalue weighted by Gasteiger charge is 1.98. The molecular weight excluding hydrogens is 172 g/mol. The van der Waals surface area contributed by atoms with E-state index in [9.17, 15) is 0 Å². The van der Waals surface area contributed by atoms with Crippen molar-refractivity contribution in [1.29, 1.82) is 0 Å². The second kappa shape index (κ2) is 3.97. The van der Waals surface area contributed by atoms with E-state index in [0.29, 0.717) is 6.61 Å². The third-order valence-corrected chi connectivity index (χ3v) is 2.08. The van der Waals surface area contributed by atoms with Crippen LogP contribution in [0.2, 0.25) is 0 Å². The van der Waals surface area contributed by atoms with E-state index in [0.717, 1.165) is 11.1 Å². The molecule has 1 nitrogen and oxygen atoms in total. The molecule has 14 heavy (non-hydrogen) atoms. The first-order valence-electron chi connectivity index (χ1n) is 4.56. The van der Waals surface area contributed by atoms with Gasteiger partial charge in [0.25, 0.3) is 0 Å². The smallest absolute Gasteiger partial charge is 0.127 e. The van der Waals surface area contributed by atoms with Crippen molar-refractivity contribution in [3.05, 3.63) is 55.1 Å². The molecule has 0 bridgehead atoms. The van der Waals surface area contributed by atoms with Crippen LogP contribution >= 0.6 is 0 Å². The fraction of sp³-hybridized carbons (Fsp3) is 0.0769. The summed E-state index contributed by atoms with van der Waals surface area (Å²) in [5.41, 5.74) is 0. The molecule has 0 heterocycles. The van der Waals surface area contributed by atoms with Gasteiger partial charge in [-0.15, -0.1) is 0 Å². The zero-order chi connectivity index (χ0) is 9.80. The highest BCUT2D eigenvalue weighted by atomic mass is 16.5. The average Bonchev–Trinajstić information content (AvgIpc) is 2.26. The third-order valence-electron chi connectivity index (χ3n) is 2.08. The first-order valence-corrected chi connectivity index (χ1v) is 4.56. The van der Waals surface area contributed by atoms with E-state index >= 15 is 0 Å². The van der Waals surface area contributed by atoms with Crippen molar-refractivity contribution < 1.29 is 4.74 Å². The summed E-state index contributed by atoms with van der Waals surface area (Å²) >= 11 is 0. The third kappa shape index (κ3) is 1.62.